The second-order valence-corrected chi connectivity index (χ2v) is 9.81. The van der Waals surface area contributed by atoms with Crippen molar-refractivity contribution in [3.8, 4) is 17.2 Å². The molecule has 1 saturated heterocycles. The van der Waals surface area contributed by atoms with Crippen LogP contribution in [0.4, 0.5) is 5.69 Å². The quantitative estimate of drug-likeness (QED) is 0.231. The smallest absolute Gasteiger partial charge is 0.246 e. The van der Waals surface area contributed by atoms with Gasteiger partial charge in [0, 0.05) is 37.9 Å². The van der Waals surface area contributed by atoms with Gasteiger partial charge in [-0.2, -0.15) is 0 Å². The molecule has 6 nitrogen and oxygen atoms in total. The van der Waals surface area contributed by atoms with Gasteiger partial charge >= 0.3 is 0 Å². The first-order valence-corrected chi connectivity index (χ1v) is 13.6. The number of benzene rings is 2. The van der Waals surface area contributed by atoms with Gasteiger partial charge in [0.1, 0.15) is 0 Å². The van der Waals surface area contributed by atoms with Crippen LogP contribution in [0.2, 0.25) is 0 Å². The topological polar surface area (TPSA) is 51.2 Å². The summed E-state index contributed by atoms with van der Waals surface area (Å²) >= 11 is 0. The van der Waals surface area contributed by atoms with Crippen molar-refractivity contribution in [1.29, 1.82) is 0 Å². The summed E-state index contributed by atoms with van der Waals surface area (Å²) in [6.07, 6.45) is 10.7. The first-order chi connectivity index (χ1) is 18.0. The minimum absolute atomic E-state index is 0.0154. The van der Waals surface area contributed by atoms with Crippen LogP contribution in [0.25, 0.3) is 6.08 Å². The Balaban J connectivity index is 1.56. The molecule has 2 aromatic rings. The molecule has 1 amide bonds. The fraction of sp³-hybridized carbons (Fsp3) is 0.516. The third kappa shape index (κ3) is 8.17. The lowest BCUT2D eigenvalue weighted by molar-refractivity contribution is -0.126. The zero-order chi connectivity index (χ0) is 26.6. The van der Waals surface area contributed by atoms with E-state index in [1.807, 2.05) is 23.1 Å². The van der Waals surface area contributed by atoms with E-state index in [-0.39, 0.29) is 5.91 Å². The Morgan fingerprint density at radius 2 is 1.54 bits per heavy atom. The number of methoxy groups -OCH3 is 2. The number of carbonyl (C=O) groups excluding carboxylic acids is 1. The number of amides is 1. The molecule has 1 fully saturated rings. The van der Waals surface area contributed by atoms with Crippen molar-refractivity contribution < 1.29 is 19.0 Å². The molecular formula is C31H44N2O4. The first-order valence-electron chi connectivity index (χ1n) is 13.6. The van der Waals surface area contributed by atoms with Crippen LogP contribution in [0.15, 0.2) is 36.4 Å². The summed E-state index contributed by atoms with van der Waals surface area (Å²) in [4.78, 5) is 17.2. The fourth-order valence-corrected chi connectivity index (χ4v) is 4.80. The largest absolute Gasteiger partial charge is 0.493 e. The number of hydrogen-bond donors (Lipinski definition) is 0. The van der Waals surface area contributed by atoms with Crippen molar-refractivity contribution in [3.05, 3.63) is 53.1 Å². The van der Waals surface area contributed by atoms with Gasteiger partial charge in [0.05, 0.1) is 20.8 Å². The van der Waals surface area contributed by atoms with Crippen LogP contribution in [0.3, 0.4) is 0 Å². The zero-order valence-electron chi connectivity index (χ0n) is 23.3. The van der Waals surface area contributed by atoms with Crippen molar-refractivity contribution in [2.24, 2.45) is 0 Å². The molecule has 0 atom stereocenters. The Morgan fingerprint density at radius 3 is 2.16 bits per heavy atom. The van der Waals surface area contributed by atoms with Gasteiger partial charge in [0.2, 0.25) is 11.7 Å². The highest BCUT2D eigenvalue weighted by molar-refractivity contribution is 5.92. The number of nitrogens with zero attached hydrogens (tertiary/aromatic N) is 2. The van der Waals surface area contributed by atoms with Crippen LogP contribution in [0.5, 0.6) is 17.2 Å². The van der Waals surface area contributed by atoms with Crippen molar-refractivity contribution >= 4 is 17.7 Å². The van der Waals surface area contributed by atoms with Crippen LogP contribution < -0.4 is 19.1 Å². The highest BCUT2D eigenvalue weighted by Crippen LogP contribution is 2.39. The number of anilines is 1. The summed E-state index contributed by atoms with van der Waals surface area (Å²) in [6.45, 7) is 10.2. The summed E-state index contributed by atoms with van der Waals surface area (Å²) in [5, 5.41) is 0. The van der Waals surface area contributed by atoms with E-state index in [4.69, 9.17) is 14.2 Å². The van der Waals surface area contributed by atoms with Crippen LogP contribution in [0, 0.1) is 13.8 Å². The van der Waals surface area contributed by atoms with Crippen LogP contribution in [-0.2, 0) is 4.79 Å². The minimum atomic E-state index is 0.0154. The lowest BCUT2D eigenvalue weighted by Gasteiger charge is -2.36. The second-order valence-electron chi connectivity index (χ2n) is 9.81. The Bertz CT molecular complexity index is 1020. The minimum Gasteiger partial charge on any atom is -0.493 e. The van der Waals surface area contributed by atoms with E-state index in [1.165, 1.54) is 42.5 Å². The van der Waals surface area contributed by atoms with Gasteiger partial charge in [-0.3, -0.25) is 4.79 Å². The number of carbonyl (C=O) groups is 1. The average Bonchev–Trinajstić information content (AvgIpc) is 2.91. The Kier molecular flexibility index (Phi) is 11.2. The molecule has 6 heteroatoms. The van der Waals surface area contributed by atoms with E-state index >= 15 is 0 Å². The molecular weight excluding hydrogens is 464 g/mol. The Morgan fingerprint density at radius 1 is 0.892 bits per heavy atom. The van der Waals surface area contributed by atoms with E-state index in [9.17, 15) is 4.79 Å². The molecule has 37 heavy (non-hydrogen) atoms. The summed E-state index contributed by atoms with van der Waals surface area (Å²) in [7, 11) is 3.25. The number of hydrogen-bond acceptors (Lipinski definition) is 5. The monoisotopic (exact) mass is 508 g/mol. The molecule has 0 spiro atoms. The summed E-state index contributed by atoms with van der Waals surface area (Å²) in [5.74, 6) is 1.85. The third-order valence-electron chi connectivity index (χ3n) is 6.93. The molecule has 3 rings (SSSR count). The van der Waals surface area contributed by atoms with Gasteiger partial charge in [-0.15, -0.1) is 0 Å². The normalized spacial score (nSPS) is 13.8. The second kappa shape index (κ2) is 14.6. The molecule has 2 aromatic carbocycles. The maximum absolute atomic E-state index is 12.9. The first kappa shape index (κ1) is 28.4. The molecule has 1 heterocycles. The number of unbranched alkanes of at least 4 members (excludes halogenated alkanes) is 5. The summed E-state index contributed by atoms with van der Waals surface area (Å²) in [6, 6.07) is 10.3. The number of rotatable bonds is 13. The van der Waals surface area contributed by atoms with Gasteiger partial charge in [-0.05, 0) is 55.7 Å². The molecule has 0 bridgehead atoms. The van der Waals surface area contributed by atoms with Gasteiger partial charge in [0.15, 0.2) is 11.5 Å². The molecule has 0 aromatic heterocycles. The number of piperazine rings is 1. The Labute approximate surface area is 223 Å². The highest BCUT2D eigenvalue weighted by atomic mass is 16.5. The van der Waals surface area contributed by atoms with Crippen molar-refractivity contribution in [1.82, 2.24) is 4.90 Å². The van der Waals surface area contributed by atoms with Crippen molar-refractivity contribution in [2.45, 2.75) is 59.3 Å². The number of aryl methyl sites for hydroxylation is 2. The fourth-order valence-electron chi connectivity index (χ4n) is 4.80. The molecule has 0 N–H and O–H groups in total. The van der Waals surface area contributed by atoms with Crippen molar-refractivity contribution in [3.63, 3.8) is 0 Å². The molecule has 0 unspecified atom stereocenters. The van der Waals surface area contributed by atoms with E-state index < -0.39 is 0 Å². The predicted molar refractivity (Wildman–Crippen MR) is 152 cm³/mol. The Hall–Kier alpha value is -3.15. The molecule has 0 saturated carbocycles. The molecule has 0 aliphatic carbocycles. The van der Waals surface area contributed by atoms with Crippen molar-refractivity contribution in [2.75, 3.05) is 51.9 Å². The van der Waals surface area contributed by atoms with E-state index in [1.54, 1.807) is 20.3 Å². The van der Waals surface area contributed by atoms with Gasteiger partial charge in [-0.1, -0.05) is 56.7 Å². The molecule has 0 radical (unpaired) electrons. The van der Waals surface area contributed by atoms with Gasteiger partial charge in [-0.25, -0.2) is 0 Å². The van der Waals surface area contributed by atoms with Gasteiger partial charge < -0.3 is 24.0 Å². The van der Waals surface area contributed by atoms with Crippen LogP contribution in [0.1, 0.15) is 62.1 Å². The number of ether oxygens (including phenoxy) is 3. The standard InChI is InChI=1S/C31H44N2O4/c1-6-7-8-9-10-11-20-37-31-28(35-4)22-26(23-29(31)36-5)13-15-30(34)33-18-16-32(17-19-33)27-14-12-24(2)21-25(27)3/h12-15,21-23H,6-11,16-20H2,1-5H3/b15-13+. The summed E-state index contributed by atoms with van der Waals surface area (Å²) < 4.78 is 17.2. The maximum atomic E-state index is 12.9. The van der Waals surface area contributed by atoms with Gasteiger partial charge in [0.25, 0.3) is 0 Å². The highest BCUT2D eigenvalue weighted by Gasteiger charge is 2.21. The predicted octanol–water partition coefficient (Wildman–Crippen LogP) is 6.42. The third-order valence-corrected chi connectivity index (χ3v) is 6.93. The average molecular weight is 509 g/mol. The summed E-state index contributed by atoms with van der Waals surface area (Å²) in [5.41, 5.74) is 4.64. The lowest BCUT2D eigenvalue weighted by Crippen LogP contribution is -2.48. The zero-order valence-corrected chi connectivity index (χ0v) is 23.3. The van der Waals surface area contributed by atoms with E-state index in [0.29, 0.717) is 36.9 Å². The maximum Gasteiger partial charge on any atom is 0.246 e. The van der Waals surface area contributed by atoms with E-state index in [2.05, 4.69) is 43.9 Å². The molecule has 1 aliphatic heterocycles. The van der Waals surface area contributed by atoms with Crippen LogP contribution >= 0.6 is 0 Å². The molecule has 1 aliphatic rings. The van der Waals surface area contributed by atoms with Crippen LogP contribution in [-0.4, -0.2) is 57.8 Å². The van der Waals surface area contributed by atoms with E-state index in [0.717, 1.165) is 31.5 Å². The lowest BCUT2D eigenvalue weighted by atomic mass is 10.1. The molecule has 202 valence electrons. The SMILES string of the molecule is CCCCCCCCOc1c(OC)cc(/C=C/C(=O)N2CCN(c3ccc(C)cc3C)CC2)cc1OC.